The van der Waals surface area contributed by atoms with Crippen molar-refractivity contribution in [3.05, 3.63) is 53.6 Å². The Balaban J connectivity index is 1.94. The van der Waals surface area contributed by atoms with E-state index in [1.54, 1.807) is 36.4 Å². The SMILES string of the molecule is COc1ccc(C2NC(=O)c3ccccc3O2)cc1O. The highest BCUT2D eigenvalue weighted by Gasteiger charge is 2.26. The van der Waals surface area contributed by atoms with E-state index in [1.165, 1.54) is 13.2 Å². The van der Waals surface area contributed by atoms with Crippen LogP contribution in [0.25, 0.3) is 0 Å². The molecule has 1 unspecified atom stereocenters. The highest BCUT2D eigenvalue weighted by molar-refractivity contribution is 5.98. The third kappa shape index (κ3) is 2.03. The quantitative estimate of drug-likeness (QED) is 0.878. The van der Waals surface area contributed by atoms with Gasteiger partial charge in [0.05, 0.1) is 12.7 Å². The van der Waals surface area contributed by atoms with E-state index in [0.717, 1.165) is 0 Å². The van der Waals surface area contributed by atoms with Crippen molar-refractivity contribution in [3.8, 4) is 17.2 Å². The standard InChI is InChI=1S/C15H13NO4/c1-19-13-7-6-9(8-11(13)17)15-16-14(18)10-4-2-3-5-12(10)20-15/h2-8,15,17H,1H3,(H,16,18). The molecule has 0 saturated carbocycles. The Bertz CT molecular complexity index is 669. The average molecular weight is 271 g/mol. The van der Waals surface area contributed by atoms with E-state index in [9.17, 15) is 9.90 Å². The van der Waals surface area contributed by atoms with Crippen LogP contribution in [0.4, 0.5) is 0 Å². The number of hydrogen-bond donors (Lipinski definition) is 2. The van der Waals surface area contributed by atoms with Crippen LogP contribution in [0.5, 0.6) is 17.2 Å². The van der Waals surface area contributed by atoms with Crippen molar-refractivity contribution in [2.45, 2.75) is 6.23 Å². The number of nitrogens with one attached hydrogen (secondary N) is 1. The van der Waals surface area contributed by atoms with E-state index < -0.39 is 6.23 Å². The van der Waals surface area contributed by atoms with Crippen molar-refractivity contribution in [2.24, 2.45) is 0 Å². The Morgan fingerprint density at radius 1 is 1.25 bits per heavy atom. The van der Waals surface area contributed by atoms with E-state index in [1.807, 2.05) is 0 Å². The molecule has 0 radical (unpaired) electrons. The maximum absolute atomic E-state index is 12.0. The minimum absolute atomic E-state index is 0.00158. The molecule has 1 heterocycles. The van der Waals surface area contributed by atoms with Gasteiger partial charge in [-0.1, -0.05) is 12.1 Å². The summed E-state index contributed by atoms with van der Waals surface area (Å²) in [5.74, 6) is 0.696. The molecule has 1 aliphatic rings. The molecule has 3 rings (SSSR count). The summed E-state index contributed by atoms with van der Waals surface area (Å²) in [4.78, 5) is 12.0. The van der Waals surface area contributed by atoms with Crippen LogP contribution in [0.1, 0.15) is 22.1 Å². The van der Waals surface area contributed by atoms with E-state index >= 15 is 0 Å². The monoisotopic (exact) mass is 271 g/mol. The zero-order valence-electron chi connectivity index (χ0n) is 10.8. The topological polar surface area (TPSA) is 67.8 Å². The first-order chi connectivity index (χ1) is 9.69. The van der Waals surface area contributed by atoms with Gasteiger partial charge in [-0.05, 0) is 30.3 Å². The number of benzene rings is 2. The zero-order valence-corrected chi connectivity index (χ0v) is 10.8. The molecule has 2 N–H and O–H groups in total. The number of phenols is 1. The van der Waals surface area contributed by atoms with Gasteiger partial charge in [-0.2, -0.15) is 0 Å². The van der Waals surface area contributed by atoms with E-state index in [-0.39, 0.29) is 11.7 Å². The molecule has 5 nitrogen and oxygen atoms in total. The number of ether oxygens (including phenoxy) is 2. The van der Waals surface area contributed by atoms with Gasteiger partial charge in [0, 0.05) is 5.56 Å². The van der Waals surface area contributed by atoms with Gasteiger partial charge in [-0.3, -0.25) is 4.79 Å². The third-order valence-corrected chi connectivity index (χ3v) is 3.14. The van der Waals surface area contributed by atoms with Crippen LogP contribution in [0.3, 0.4) is 0 Å². The van der Waals surface area contributed by atoms with Gasteiger partial charge >= 0.3 is 0 Å². The number of amides is 1. The summed E-state index contributed by atoms with van der Waals surface area (Å²) in [6.45, 7) is 0. The molecule has 0 spiro atoms. The smallest absolute Gasteiger partial charge is 0.258 e. The highest BCUT2D eigenvalue weighted by Crippen LogP contribution is 2.33. The maximum Gasteiger partial charge on any atom is 0.258 e. The molecule has 0 fully saturated rings. The summed E-state index contributed by atoms with van der Waals surface area (Å²) in [6, 6.07) is 11.9. The summed E-state index contributed by atoms with van der Waals surface area (Å²) in [7, 11) is 1.48. The number of hydrogen-bond acceptors (Lipinski definition) is 4. The van der Waals surface area contributed by atoms with Crippen molar-refractivity contribution in [3.63, 3.8) is 0 Å². The first-order valence-electron chi connectivity index (χ1n) is 6.12. The van der Waals surface area contributed by atoms with Crippen LogP contribution >= 0.6 is 0 Å². The number of aromatic hydroxyl groups is 1. The van der Waals surface area contributed by atoms with Gasteiger partial charge in [0.2, 0.25) is 0 Å². The fourth-order valence-electron chi connectivity index (χ4n) is 2.13. The fourth-order valence-corrected chi connectivity index (χ4v) is 2.13. The van der Waals surface area contributed by atoms with Crippen LogP contribution in [-0.2, 0) is 0 Å². The Morgan fingerprint density at radius 3 is 2.80 bits per heavy atom. The zero-order chi connectivity index (χ0) is 14.1. The third-order valence-electron chi connectivity index (χ3n) is 3.14. The predicted molar refractivity (Wildman–Crippen MR) is 71.9 cm³/mol. The van der Waals surface area contributed by atoms with Crippen molar-refractivity contribution >= 4 is 5.91 Å². The molecular formula is C15H13NO4. The van der Waals surface area contributed by atoms with E-state index in [4.69, 9.17) is 9.47 Å². The average Bonchev–Trinajstić information content (AvgIpc) is 2.47. The number of phenolic OH excluding ortho intramolecular Hbond substituents is 1. The van der Waals surface area contributed by atoms with Gasteiger partial charge in [-0.25, -0.2) is 0 Å². The van der Waals surface area contributed by atoms with Crippen LogP contribution < -0.4 is 14.8 Å². The largest absolute Gasteiger partial charge is 0.504 e. The predicted octanol–water partition coefficient (Wildman–Crippen LogP) is 2.22. The van der Waals surface area contributed by atoms with Crippen LogP contribution in [0.15, 0.2) is 42.5 Å². The number of carbonyl (C=O) groups excluding carboxylic acids is 1. The molecule has 0 bridgehead atoms. The Labute approximate surface area is 115 Å². The first kappa shape index (κ1) is 12.3. The van der Waals surface area contributed by atoms with Gasteiger partial charge in [0.1, 0.15) is 5.75 Å². The molecule has 1 aliphatic heterocycles. The lowest BCUT2D eigenvalue weighted by Gasteiger charge is -2.27. The molecule has 1 atom stereocenters. The normalized spacial score (nSPS) is 16.9. The van der Waals surface area contributed by atoms with Crippen LogP contribution in [0, 0.1) is 0 Å². The van der Waals surface area contributed by atoms with Crippen molar-refractivity contribution in [2.75, 3.05) is 7.11 Å². The van der Waals surface area contributed by atoms with Gasteiger partial charge in [0.15, 0.2) is 17.7 Å². The van der Waals surface area contributed by atoms with Crippen molar-refractivity contribution in [1.82, 2.24) is 5.32 Å². The van der Waals surface area contributed by atoms with Gasteiger partial charge in [-0.15, -0.1) is 0 Å². The number of fused-ring (bicyclic) bond motifs is 1. The molecule has 0 aromatic heterocycles. The minimum Gasteiger partial charge on any atom is -0.504 e. The summed E-state index contributed by atoms with van der Waals surface area (Å²) >= 11 is 0. The maximum atomic E-state index is 12.0. The highest BCUT2D eigenvalue weighted by atomic mass is 16.5. The summed E-state index contributed by atoms with van der Waals surface area (Å²) in [5, 5.41) is 12.5. The fraction of sp³-hybridized carbons (Fsp3) is 0.133. The second-order valence-electron chi connectivity index (χ2n) is 4.40. The molecular weight excluding hydrogens is 258 g/mol. The molecule has 0 aliphatic carbocycles. The van der Waals surface area contributed by atoms with Crippen LogP contribution in [-0.4, -0.2) is 18.1 Å². The van der Waals surface area contributed by atoms with Gasteiger partial charge < -0.3 is 19.9 Å². The Kier molecular flexibility index (Phi) is 2.95. The molecule has 1 amide bonds. The molecule has 2 aromatic rings. The Morgan fingerprint density at radius 2 is 2.05 bits per heavy atom. The molecule has 102 valence electrons. The van der Waals surface area contributed by atoms with E-state index in [2.05, 4.69) is 5.32 Å². The summed E-state index contributed by atoms with van der Waals surface area (Å²) < 4.78 is 10.7. The minimum atomic E-state index is -0.630. The second-order valence-corrected chi connectivity index (χ2v) is 4.40. The number of rotatable bonds is 2. The summed E-state index contributed by atoms with van der Waals surface area (Å²) in [5.41, 5.74) is 1.15. The van der Waals surface area contributed by atoms with Crippen LogP contribution in [0.2, 0.25) is 0 Å². The molecule has 20 heavy (non-hydrogen) atoms. The Hall–Kier alpha value is -2.69. The molecule has 0 saturated heterocycles. The lowest BCUT2D eigenvalue weighted by Crippen LogP contribution is -2.36. The first-order valence-corrected chi connectivity index (χ1v) is 6.12. The lowest BCUT2D eigenvalue weighted by molar-refractivity contribution is 0.0755. The number of carbonyl (C=O) groups is 1. The number of methoxy groups -OCH3 is 1. The number of para-hydroxylation sites is 1. The lowest BCUT2D eigenvalue weighted by atomic mass is 10.1. The molecule has 2 aromatic carbocycles. The van der Waals surface area contributed by atoms with Crippen molar-refractivity contribution < 1.29 is 19.4 Å². The molecule has 5 heteroatoms. The van der Waals surface area contributed by atoms with Crippen molar-refractivity contribution in [1.29, 1.82) is 0 Å². The van der Waals surface area contributed by atoms with Gasteiger partial charge in [0.25, 0.3) is 5.91 Å². The summed E-state index contributed by atoms with van der Waals surface area (Å²) in [6.07, 6.45) is -0.630. The second kappa shape index (κ2) is 4.77. The van der Waals surface area contributed by atoms with E-state index in [0.29, 0.717) is 22.6 Å².